The summed E-state index contributed by atoms with van der Waals surface area (Å²) in [7, 11) is 3.44. The van der Waals surface area contributed by atoms with Crippen molar-refractivity contribution >= 4 is 17.0 Å². The fraction of sp³-hybridized carbons (Fsp3) is 0.520. The van der Waals surface area contributed by atoms with Crippen LogP contribution in [0.25, 0.3) is 0 Å². The predicted molar refractivity (Wildman–Crippen MR) is 127 cm³/mol. The number of nitrogens with zero attached hydrogens (tertiary/aromatic N) is 1. The van der Waals surface area contributed by atoms with E-state index < -0.39 is 0 Å². The first-order valence-corrected chi connectivity index (χ1v) is 11.1. The van der Waals surface area contributed by atoms with Gasteiger partial charge in [0.05, 0.1) is 14.2 Å². The Morgan fingerprint density at radius 2 is 1.93 bits per heavy atom. The molecule has 1 aromatic carbocycles. The van der Waals surface area contributed by atoms with Crippen LogP contribution in [0.2, 0.25) is 0 Å². The third-order valence-electron chi connectivity index (χ3n) is 7.16. The van der Waals surface area contributed by atoms with E-state index in [1.165, 1.54) is 43.4 Å². The molecule has 30 heavy (non-hydrogen) atoms. The van der Waals surface area contributed by atoms with Crippen LogP contribution in [0.15, 0.2) is 47.1 Å². The van der Waals surface area contributed by atoms with Gasteiger partial charge in [-0.2, -0.15) is 0 Å². The number of benzene rings is 1. The molecule has 0 fully saturated rings. The molecule has 0 aromatic heterocycles. The molecule has 5 heteroatoms. The van der Waals surface area contributed by atoms with E-state index in [-0.39, 0.29) is 17.0 Å². The van der Waals surface area contributed by atoms with Crippen molar-refractivity contribution in [1.29, 1.82) is 0 Å². The predicted octanol–water partition coefficient (Wildman–Crippen LogP) is 4.91. The Labute approximate surface area is 190 Å². The molecule has 4 aliphatic rings. The molecular weight excluding hydrogens is 440 g/mol. The van der Waals surface area contributed by atoms with Crippen LogP contribution >= 0.6 is 17.0 Å². The average Bonchev–Trinajstić information content (AvgIpc) is 2.78. The molecular formula is C25H33BrN2O2. The van der Waals surface area contributed by atoms with Gasteiger partial charge < -0.3 is 14.8 Å². The highest BCUT2D eigenvalue weighted by molar-refractivity contribution is 8.93. The number of hydrogen-bond acceptors (Lipinski definition) is 4. The van der Waals surface area contributed by atoms with E-state index in [0.717, 1.165) is 37.4 Å². The second-order valence-electron chi connectivity index (χ2n) is 8.69. The Hall–Kier alpha value is -1.56. The Morgan fingerprint density at radius 1 is 1.10 bits per heavy atom. The summed E-state index contributed by atoms with van der Waals surface area (Å²) in [4.78, 5) is 2.67. The molecule has 2 unspecified atom stereocenters. The first-order chi connectivity index (χ1) is 14.3. The number of halogens is 1. The van der Waals surface area contributed by atoms with Crippen molar-refractivity contribution in [3.05, 3.63) is 58.2 Å². The van der Waals surface area contributed by atoms with Gasteiger partial charge in [0, 0.05) is 25.2 Å². The van der Waals surface area contributed by atoms with Gasteiger partial charge in [0.15, 0.2) is 11.5 Å². The molecule has 0 spiro atoms. The Balaban J connectivity index is 0.00000218. The van der Waals surface area contributed by atoms with Crippen LogP contribution in [0.1, 0.15) is 49.3 Å². The van der Waals surface area contributed by atoms with Crippen LogP contribution in [0.3, 0.4) is 0 Å². The third kappa shape index (κ3) is 4.00. The summed E-state index contributed by atoms with van der Waals surface area (Å²) < 4.78 is 11.1. The number of ether oxygens (including phenoxy) is 2. The van der Waals surface area contributed by atoms with Crippen molar-refractivity contribution in [3.8, 4) is 11.5 Å². The summed E-state index contributed by atoms with van der Waals surface area (Å²) in [6, 6.07) is 5.30. The monoisotopic (exact) mass is 472 g/mol. The molecule has 0 bridgehead atoms. The van der Waals surface area contributed by atoms with Crippen LogP contribution in [0, 0.1) is 0 Å². The van der Waals surface area contributed by atoms with Crippen molar-refractivity contribution in [1.82, 2.24) is 10.2 Å². The second-order valence-corrected chi connectivity index (χ2v) is 8.69. The van der Waals surface area contributed by atoms with Gasteiger partial charge >= 0.3 is 0 Å². The zero-order valence-electron chi connectivity index (χ0n) is 18.1. The number of methoxy groups -OCH3 is 2. The maximum absolute atomic E-state index is 5.58. The Morgan fingerprint density at radius 3 is 2.77 bits per heavy atom. The van der Waals surface area contributed by atoms with Crippen LogP contribution < -0.4 is 14.8 Å². The van der Waals surface area contributed by atoms with Crippen molar-refractivity contribution in [3.63, 3.8) is 0 Å². The van der Waals surface area contributed by atoms with E-state index in [0.29, 0.717) is 12.1 Å². The van der Waals surface area contributed by atoms with Crippen LogP contribution in [0.5, 0.6) is 11.5 Å². The summed E-state index contributed by atoms with van der Waals surface area (Å²) in [6.07, 6.45) is 14.3. The molecule has 5 rings (SSSR count). The summed E-state index contributed by atoms with van der Waals surface area (Å²) in [5.74, 6) is 1.67. The molecule has 1 aromatic rings. The molecule has 3 aliphatic heterocycles. The largest absolute Gasteiger partial charge is 0.493 e. The van der Waals surface area contributed by atoms with Crippen molar-refractivity contribution in [2.75, 3.05) is 33.9 Å². The number of nitrogens with one attached hydrogen (secondary N) is 1. The summed E-state index contributed by atoms with van der Waals surface area (Å²) in [6.45, 7) is 3.34. The molecule has 1 aliphatic carbocycles. The Bertz CT molecular complexity index is 889. The number of allylic oxidation sites excluding steroid dienone is 1. The van der Waals surface area contributed by atoms with Gasteiger partial charge in [0.2, 0.25) is 0 Å². The van der Waals surface area contributed by atoms with Gasteiger partial charge in [-0.1, -0.05) is 29.4 Å². The standard InChI is InChI=1S/C25H32N2O2.BrH/c1-28-24-15-19-7-10-26-22(21(19)16-25(24)29-2)13-17-8-11-27-12-9-18-5-3-4-6-20(18)23(27)14-17;/h4,6,8,15-16,22-23,26H,3,5,7,9-14H2,1-2H3;1H. The quantitative estimate of drug-likeness (QED) is 0.631. The molecule has 2 atom stereocenters. The number of fused-ring (bicyclic) bond motifs is 3. The zero-order valence-corrected chi connectivity index (χ0v) is 19.8. The fourth-order valence-electron chi connectivity index (χ4n) is 5.59. The lowest BCUT2D eigenvalue weighted by molar-refractivity contribution is 0.216. The minimum Gasteiger partial charge on any atom is -0.493 e. The Kier molecular flexibility index (Phi) is 6.71. The number of rotatable bonds is 4. The molecule has 1 N–H and O–H groups in total. The number of hydrogen-bond donors (Lipinski definition) is 1. The molecule has 0 radical (unpaired) electrons. The van der Waals surface area contributed by atoms with Crippen LogP contribution in [0.4, 0.5) is 0 Å². The maximum Gasteiger partial charge on any atom is 0.161 e. The van der Waals surface area contributed by atoms with Gasteiger partial charge in [0.1, 0.15) is 0 Å². The average molecular weight is 473 g/mol. The minimum absolute atomic E-state index is 0. The first-order valence-electron chi connectivity index (χ1n) is 11.1. The molecule has 4 nitrogen and oxygen atoms in total. The maximum atomic E-state index is 5.58. The molecule has 162 valence electrons. The van der Waals surface area contributed by atoms with Gasteiger partial charge in [-0.25, -0.2) is 0 Å². The first kappa shape index (κ1) is 21.7. The van der Waals surface area contributed by atoms with Crippen molar-refractivity contribution in [2.45, 2.75) is 50.6 Å². The summed E-state index contributed by atoms with van der Waals surface area (Å²) >= 11 is 0. The highest BCUT2D eigenvalue weighted by Gasteiger charge is 2.32. The topological polar surface area (TPSA) is 33.7 Å². The minimum atomic E-state index is 0. The lowest BCUT2D eigenvalue weighted by Crippen LogP contribution is -2.44. The second kappa shape index (κ2) is 9.29. The highest BCUT2D eigenvalue weighted by Crippen LogP contribution is 2.40. The van der Waals surface area contributed by atoms with Gasteiger partial charge in [-0.05, 0) is 73.9 Å². The van der Waals surface area contributed by atoms with Gasteiger partial charge in [0.25, 0.3) is 0 Å². The van der Waals surface area contributed by atoms with Crippen LogP contribution in [-0.4, -0.2) is 44.8 Å². The SMILES string of the molecule is Br.COc1cc2c(cc1OC)C(CC1=CCN3CCC4=C(C=CCC4)C3C1)NCC2. The van der Waals surface area contributed by atoms with Crippen molar-refractivity contribution < 1.29 is 9.47 Å². The molecule has 3 heterocycles. The highest BCUT2D eigenvalue weighted by atomic mass is 79.9. The van der Waals surface area contributed by atoms with Crippen LogP contribution in [-0.2, 0) is 6.42 Å². The summed E-state index contributed by atoms with van der Waals surface area (Å²) in [5.41, 5.74) is 7.70. The molecule has 0 saturated carbocycles. The molecule has 0 amide bonds. The van der Waals surface area contributed by atoms with Crippen molar-refractivity contribution in [2.24, 2.45) is 0 Å². The van der Waals surface area contributed by atoms with E-state index in [9.17, 15) is 0 Å². The van der Waals surface area contributed by atoms with Gasteiger partial charge in [-0.15, -0.1) is 17.0 Å². The van der Waals surface area contributed by atoms with E-state index in [1.807, 2.05) is 0 Å². The van der Waals surface area contributed by atoms with E-state index >= 15 is 0 Å². The van der Waals surface area contributed by atoms with Gasteiger partial charge in [-0.3, -0.25) is 4.90 Å². The lowest BCUT2D eigenvalue weighted by atomic mass is 9.80. The smallest absolute Gasteiger partial charge is 0.161 e. The van der Waals surface area contributed by atoms with E-state index in [4.69, 9.17) is 9.47 Å². The molecule has 0 saturated heterocycles. The lowest BCUT2D eigenvalue weighted by Gasteiger charge is -2.42. The van der Waals surface area contributed by atoms with E-state index in [1.54, 1.807) is 30.9 Å². The third-order valence-corrected chi connectivity index (χ3v) is 7.16. The zero-order chi connectivity index (χ0) is 19.8. The van der Waals surface area contributed by atoms with E-state index in [2.05, 4.69) is 40.6 Å². The summed E-state index contributed by atoms with van der Waals surface area (Å²) in [5, 5.41) is 3.76. The fourth-order valence-corrected chi connectivity index (χ4v) is 5.59. The normalized spacial score (nSPS) is 25.5.